The molecule has 0 radical (unpaired) electrons. The second-order valence-corrected chi connectivity index (χ2v) is 8.79. The standard InChI is InChI=1S/C18H22N4O4S/c1-11(2)21-16-14(17(23)22(12(3)4)18(21)24)10-20(19-16)27(25,26)15-9-7-6-8-13(15)5/h6-12H,1-5H3. The predicted molar refractivity (Wildman–Crippen MR) is 103 cm³/mol. The summed E-state index contributed by atoms with van der Waals surface area (Å²) in [6, 6.07) is 5.88. The summed E-state index contributed by atoms with van der Waals surface area (Å²) in [6.45, 7) is 8.71. The van der Waals surface area contributed by atoms with Gasteiger partial charge in [-0.25, -0.2) is 4.79 Å². The number of hydrogen-bond donors (Lipinski definition) is 0. The maximum absolute atomic E-state index is 13.0. The van der Waals surface area contributed by atoms with E-state index in [4.69, 9.17) is 0 Å². The lowest BCUT2D eigenvalue weighted by molar-refractivity contribution is 0.486. The number of nitrogens with zero attached hydrogens (tertiary/aromatic N) is 4. The van der Waals surface area contributed by atoms with Crippen LogP contribution in [0.25, 0.3) is 11.0 Å². The molecule has 8 nitrogen and oxygen atoms in total. The molecule has 1 aromatic carbocycles. The normalized spacial score (nSPS) is 12.4. The highest BCUT2D eigenvalue weighted by Gasteiger charge is 2.25. The van der Waals surface area contributed by atoms with Crippen molar-refractivity contribution in [1.82, 2.24) is 18.3 Å². The van der Waals surface area contributed by atoms with E-state index in [2.05, 4.69) is 5.10 Å². The van der Waals surface area contributed by atoms with Crippen molar-refractivity contribution in [3.8, 4) is 0 Å². The van der Waals surface area contributed by atoms with Crippen molar-refractivity contribution < 1.29 is 8.42 Å². The summed E-state index contributed by atoms with van der Waals surface area (Å²) in [4.78, 5) is 25.7. The first-order chi connectivity index (χ1) is 12.6. The van der Waals surface area contributed by atoms with E-state index < -0.39 is 21.3 Å². The van der Waals surface area contributed by atoms with E-state index in [1.54, 1.807) is 52.8 Å². The molecule has 0 unspecified atom stereocenters. The summed E-state index contributed by atoms with van der Waals surface area (Å²) in [5.41, 5.74) is -0.420. The van der Waals surface area contributed by atoms with E-state index in [1.807, 2.05) is 0 Å². The summed E-state index contributed by atoms with van der Waals surface area (Å²) in [6.07, 6.45) is 1.19. The van der Waals surface area contributed by atoms with E-state index >= 15 is 0 Å². The van der Waals surface area contributed by atoms with Crippen molar-refractivity contribution in [2.75, 3.05) is 0 Å². The van der Waals surface area contributed by atoms with Gasteiger partial charge in [-0.1, -0.05) is 18.2 Å². The molecule has 0 aliphatic carbocycles. The van der Waals surface area contributed by atoms with Crippen LogP contribution in [0.4, 0.5) is 0 Å². The molecule has 0 aliphatic heterocycles. The molecule has 0 atom stereocenters. The van der Waals surface area contributed by atoms with Crippen LogP contribution in [0, 0.1) is 6.92 Å². The largest absolute Gasteiger partial charge is 0.333 e. The second-order valence-electron chi connectivity index (χ2n) is 7.02. The van der Waals surface area contributed by atoms with Crippen molar-refractivity contribution in [3.63, 3.8) is 0 Å². The Labute approximate surface area is 156 Å². The quantitative estimate of drug-likeness (QED) is 0.679. The van der Waals surface area contributed by atoms with Crippen molar-refractivity contribution in [1.29, 1.82) is 0 Å². The molecule has 9 heteroatoms. The van der Waals surface area contributed by atoms with E-state index in [0.717, 1.165) is 8.65 Å². The average molecular weight is 390 g/mol. The third-order valence-electron chi connectivity index (χ3n) is 4.41. The Morgan fingerprint density at radius 1 is 0.963 bits per heavy atom. The molecule has 0 spiro atoms. The van der Waals surface area contributed by atoms with Crippen molar-refractivity contribution >= 4 is 21.1 Å². The Kier molecular flexibility index (Phi) is 4.59. The molecule has 2 heterocycles. The summed E-state index contributed by atoms with van der Waals surface area (Å²) in [5.74, 6) is 0. The van der Waals surface area contributed by atoms with Crippen LogP contribution in [0.1, 0.15) is 45.3 Å². The molecule has 0 saturated carbocycles. The van der Waals surface area contributed by atoms with Crippen molar-refractivity contribution in [2.45, 2.75) is 51.6 Å². The van der Waals surface area contributed by atoms with Gasteiger partial charge in [0.1, 0.15) is 5.39 Å². The molecule has 0 fully saturated rings. The third-order valence-corrected chi connectivity index (χ3v) is 6.11. The number of aryl methyl sites for hydroxylation is 1. The number of hydrogen-bond acceptors (Lipinski definition) is 5. The predicted octanol–water partition coefficient (Wildman–Crippen LogP) is 2.07. The first-order valence-electron chi connectivity index (χ1n) is 8.65. The summed E-state index contributed by atoms with van der Waals surface area (Å²) in [5, 5.41) is 4.22. The number of benzene rings is 1. The minimum Gasteiger partial charge on any atom is -0.273 e. The van der Waals surface area contributed by atoms with Gasteiger partial charge in [-0.15, -0.1) is 5.10 Å². The Balaban J connectivity index is 2.42. The zero-order chi connectivity index (χ0) is 20.1. The molecule has 3 aromatic rings. The monoisotopic (exact) mass is 390 g/mol. The molecule has 0 amide bonds. The molecule has 144 valence electrons. The maximum Gasteiger partial charge on any atom is 0.333 e. The summed E-state index contributed by atoms with van der Waals surface area (Å²) in [7, 11) is -3.99. The van der Waals surface area contributed by atoms with Crippen LogP contribution < -0.4 is 11.2 Å². The lowest BCUT2D eigenvalue weighted by Gasteiger charge is -2.15. The lowest BCUT2D eigenvalue weighted by atomic mass is 10.2. The fraction of sp³-hybridized carbons (Fsp3) is 0.389. The van der Waals surface area contributed by atoms with Crippen LogP contribution in [-0.4, -0.2) is 26.7 Å². The van der Waals surface area contributed by atoms with E-state index in [9.17, 15) is 18.0 Å². The van der Waals surface area contributed by atoms with Crippen LogP contribution >= 0.6 is 0 Å². The SMILES string of the molecule is Cc1ccccc1S(=O)(=O)n1cc2c(=O)n(C(C)C)c(=O)n(C(C)C)c2n1. The molecule has 0 N–H and O–H groups in total. The maximum atomic E-state index is 13.0. The zero-order valence-electron chi connectivity index (χ0n) is 15.9. The Bertz CT molecular complexity index is 1250. The number of rotatable bonds is 4. The molecule has 2 aromatic heterocycles. The van der Waals surface area contributed by atoms with Gasteiger partial charge in [-0.05, 0) is 46.2 Å². The van der Waals surface area contributed by atoms with Crippen LogP contribution in [0.15, 0.2) is 44.9 Å². The summed E-state index contributed by atoms with van der Waals surface area (Å²) >= 11 is 0. The zero-order valence-corrected chi connectivity index (χ0v) is 16.7. The van der Waals surface area contributed by atoms with Gasteiger partial charge >= 0.3 is 5.69 Å². The third kappa shape index (κ3) is 2.91. The highest BCUT2D eigenvalue weighted by atomic mass is 32.2. The lowest BCUT2D eigenvalue weighted by Crippen LogP contribution is -2.41. The van der Waals surface area contributed by atoms with Gasteiger partial charge in [0, 0.05) is 12.1 Å². The first kappa shape index (κ1) is 19.1. The van der Waals surface area contributed by atoms with E-state index in [-0.39, 0.29) is 28.0 Å². The van der Waals surface area contributed by atoms with Crippen molar-refractivity contribution in [3.05, 3.63) is 56.9 Å². The number of aromatic nitrogens is 4. The fourth-order valence-electron chi connectivity index (χ4n) is 3.09. The van der Waals surface area contributed by atoms with Crippen LogP contribution in [0.3, 0.4) is 0 Å². The average Bonchev–Trinajstić information content (AvgIpc) is 3.00. The smallest absolute Gasteiger partial charge is 0.273 e. The topological polar surface area (TPSA) is 96.0 Å². The van der Waals surface area contributed by atoms with Gasteiger partial charge < -0.3 is 0 Å². The highest BCUT2D eigenvalue weighted by Crippen LogP contribution is 2.20. The Morgan fingerprint density at radius 2 is 1.56 bits per heavy atom. The van der Waals surface area contributed by atoms with Gasteiger partial charge in [0.2, 0.25) is 0 Å². The first-order valence-corrected chi connectivity index (χ1v) is 10.1. The Hall–Kier alpha value is -2.68. The molecule has 0 bridgehead atoms. The van der Waals surface area contributed by atoms with Crippen LogP contribution in [0.2, 0.25) is 0 Å². The van der Waals surface area contributed by atoms with Crippen LogP contribution in [0.5, 0.6) is 0 Å². The minimum atomic E-state index is -3.99. The molecular weight excluding hydrogens is 368 g/mol. The minimum absolute atomic E-state index is 0.0639. The van der Waals surface area contributed by atoms with Gasteiger partial charge in [-0.3, -0.25) is 13.9 Å². The summed E-state index contributed by atoms with van der Waals surface area (Å²) < 4.78 is 29.3. The second kappa shape index (κ2) is 6.49. The molecule has 3 rings (SSSR count). The highest BCUT2D eigenvalue weighted by molar-refractivity contribution is 7.89. The van der Waals surface area contributed by atoms with Gasteiger partial charge in [0.05, 0.1) is 11.1 Å². The number of fused-ring (bicyclic) bond motifs is 1. The van der Waals surface area contributed by atoms with Crippen LogP contribution in [-0.2, 0) is 10.0 Å². The van der Waals surface area contributed by atoms with Crippen molar-refractivity contribution in [2.24, 2.45) is 0 Å². The van der Waals surface area contributed by atoms with E-state index in [0.29, 0.717) is 5.56 Å². The molecule has 27 heavy (non-hydrogen) atoms. The van der Waals surface area contributed by atoms with Gasteiger partial charge in [-0.2, -0.15) is 12.5 Å². The molecular formula is C18H22N4O4S. The van der Waals surface area contributed by atoms with E-state index in [1.165, 1.54) is 16.8 Å². The fourth-order valence-corrected chi connectivity index (χ4v) is 4.44. The van der Waals surface area contributed by atoms with Gasteiger partial charge in [0.25, 0.3) is 15.6 Å². The Morgan fingerprint density at radius 3 is 2.11 bits per heavy atom. The molecule has 0 saturated heterocycles. The molecule has 0 aliphatic rings. The van der Waals surface area contributed by atoms with Gasteiger partial charge in [0.15, 0.2) is 5.65 Å².